The molecule has 2 N–H and O–H groups in total. The smallest absolute Gasteiger partial charge is 0.0308 e. The summed E-state index contributed by atoms with van der Waals surface area (Å²) in [6, 6.07) is 0.682. The summed E-state index contributed by atoms with van der Waals surface area (Å²) in [6.07, 6.45) is 3.92. The molecule has 0 aliphatic carbocycles. The van der Waals surface area contributed by atoms with E-state index in [-0.39, 0.29) is 5.54 Å². The molecule has 2 heteroatoms. The van der Waals surface area contributed by atoms with Crippen LogP contribution in [0.5, 0.6) is 0 Å². The summed E-state index contributed by atoms with van der Waals surface area (Å²) in [5.41, 5.74) is 6.25. The highest BCUT2D eigenvalue weighted by atomic mass is 15.2. The monoisotopic (exact) mass is 226 g/mol. The Morgan fingerprint density at radius 1 is 1.38 bits per heavy atom. The Labute approximate surface area is 102 Å². The van der Waals surface area contributed by atoms with Crippen LogP contribution in [0.2, 0.25) is 0 Å². The molecule has 1 aliphatic rings. The third-order valence-electron chi connectivity index (χ3n) is 4.35. The summed E-state index contributed by atoms with van der Waals surface area (Å²) in [5.74, 6) is 1.53. The van der Waals surface area contributed by atoms with Gasteiger partial charge in [-0.05, 0) is 51.5 Å². The van der Waals surface area contributed by atoms with Gasteiger partial charge in [-0.2, -0.15) is 0 Å². The Bertz CT molecular complexity index is 215. The summed E-state index contributed by atoms with van der Waals surface area (Å²) in [4.78, 5) is 2.67. The molecule has 16 heavy (non-hydrogen) atoms. The number of rotatable bonds is 4. The average molecular weight is 226 g/mol. The van der Waals surface area contributed by atoms with Crippen LogP contribution >= 0.6 is 0 Å². The van der Waals surface area contributed by atoms with Gasteiger partial charge in [-0.3, -0.25) is 4.90 Å². The molecule has 0 aromatic heterocycles. The van der Waals surface area contributed by atoms with Crippen LogP contribution in [0.3, 0.4) is 0 Å². The lowest BCUT2D eigenvalue weighted by atomic mass is 9.82. The molecule has 3 unspecified atom stereocenters. The standard InChI is InChI=1S/C14H30N2/c1-11(2)9-14(5,10-15)16-8-6-7-12(3)13(16)4/h11-13H,6-10,15H2,1-5H3. The van der Waals surface area contributed by atoms with Gasteiger partial charge in [-0.25, -0.2) is 0 Å². The van der Waals surface area contributed by atoms with Crippen LogP contribution in [0.4, 0.5) is 0 Å². The van der Waals surface area contributed by atoms with E-state index in [4.69, 9.17) is 5.73 Å². The Hall–Kier alpha value is -0.0800. The SMILES string of the molecule is CC(C)CC(C)(CN)N1CCCC(C)C1C. The highest BCUT2D eigenvalue weighted by Crippen LogP contribution is 2.32. The third-order valence-corrected chi connectivity index (χ3v) is 4.35. The van der Waals surface area contributed by atoms with E-state index in [1.165, 1.54) is 25.8 Å². The zero-order chi connectivity index (χ0) is 12.3. The zero-order valence-electron chi connectivity index (χ0n) is 11.8. The number of nitrogens with zero attached hydrogens (tertiary/aromatic N) is 1. The minimum atomic E-state index is 0.197. The number of likely N-dealkylation sites (tertiary alicyclic amines) is 1. The largest absolute Gasteiger partial charge is 0.329 e. The second-order valence-electron chi connectivity index (χ2n) is 6.35. The van der Waals surface area contributed by atoms with E-state index in [2.05, 4.69) is 39.5 Å². The summed E-state index contributed by atoms with van der Waals surface area (Å²) in [7, 11) is 0. The molecule has 0 saturated carbocycles. The Kier molecular flexibility index (Phi) is 4.81. The fourth-order valence-electron chi connectivity index (χ4n) is 3.29. The molecule has 0 bridgehead atoms. The molecule has 1 fully saturated rings. The van der Waals surface area contributed by atoms with E-state index in [0.717, 1.165) is 18.4 Å². The molecule has 3 atom stereocenters. The van der Waals surface area contributed by atoms with Crippen LogP contribution in [0, 0.1) is 11.8 Å². The van der Waals surface area contributed by atoms with E-state index in [1.807, 2.05) is 0 Å². The van der Waals surface area contributed by atoms with E-state index in [0.29, 0.717) is 6.04 Å². The van der Waals surface area contributed by atoms with Crippen molar-refractivity contribution in [1.82, 2.24) is 4.90 Å². The predicted molar refractivity (Wildman–Crippen MR) is 71.5 cm³/mol. The van der Waals surface area contributed by atoms with Gasteiger partial charge in [0.25, 0.3) is 0 Å². The van der Waals surface area contributed by atoms with Crippen LogP contribution in [-0.2, 0) is 0 Å². The molecular formula is C14H30N2. The normalized spacial score (nSPS) is 31.7. The first kappa shape index (κ1) is 14.0. The lowest BCUT2D eigenvalue weighted by molar-refractivity contribution is 0.00318. The summed E-state index contributed by atoms with van der Waals surface area (Å²) < 4.78 is 0. The molecule has 1 rings (SSSR count). The third kappa shape index (κ3) is 2.98. The van der Waals surface area contributed by atoms with Crippen molar-refractivity contribution >= 4 is 0 Å². The van der Waals surface area contributed by atoms with Gasteiger partial charge in [0.1, 0.15) is 0 Å². The molecular weight excluding hydrogens is 196 g/mol. The summed E-state index contributed by atoms with van der Waals surface area (Å²) in [5, 5.41) is 0. The fourth-order valence-corrected chi connectivity index (χ4v) is 3.29. The topological polar surface area (TPSA) is 29.3 Å². The van der Waals surface area contributed by atoms with Crippen molar-refractivity contribution in [3.05, 3.63) is 0 Å². The van der Waals surface area contributed by atoms with Crippen LogP contribution in [0.25, 0.3) is 0 Å². The maximum absolute atomic E-state index is 6.05. The van der Waals surface area contributed by atoms with Gasteiger partial charge in [-0.1, -0.05) is 20.8 Å². The maximum atomic E-state index is 6.05. The van der Waals surface area contributed by atoms with E-state index >= 15 is 0 Å². The quantitative estimate of drug-likeness (QED) is 0.798. The zero-order valence-corrected chi connectivity index (χ0v) is 11.8. The maximum Gasteiger partial charge on any atom is 0.0308 e. The Morgan fingerprint density at radius 2 is 2.00 bits per heavy atom. The van der Waals surface area contributed by atoms with Crippen molar-refractivity contribution in [2.24, 2.45) is 17.6 Å². The fraction of sp³-hybridized carbons (Fsp3) is 1.00. The Balaban J connectivity index is 2.77. The second kappa shape index (κ2) is 5.50. The highest BCUT2D eigenvalue weighted by Gasteiger charge is 2.37. The van der Waals surface area contributed by atoms with Crippen molar-refractivity contribution in [2.45, 2.75) is 65.5 Å². The Morgan fingerprint density at radius 3 is 2.50 bits per heavy atom. The molecule has 0 aromatic carbocycles. The number of hydrogen-bond donors (Lipinski definition) is 1. The van der Waals surface area contributed by atoms with Crippen molar-refractivity contribution in [3.8, 4) is 0 Å². The van der Waals surface area contributed by atoms with E-state index in [1.54, 1.807) is 0 Å². The molecule has 0 spiro atoms. The first-order valence-electron chi connectivity index (χ1n) is 6.87. The first-order valence-corrected chi connectivity index (χ1v) is 6.87. The molecule has 96 valence electrons. The van der Waals surface area contributed by atoms with E-state index < -0.39 is 0 Å². The minimum absolute atomic E-state index is 0.197. The van der Waals surface area contributed by atoms with Crippen molar-refractivity contribution in [1.29, 1.82) is 0 Å². The lowest BCUT2D eigenvalue weighted by Gasteiger charge is -2.49. The molecule has 1 heterocycles. The molecule has 1 saturated heterocycles. The molecule has 2 nitrogen and oxygen atoms in total. The molecule has 0 aromatic rings. The molecule has 0 radical (unpaired) electrons. The first-order chi connectivity index (χ1) is 7.40. The van der Waals surface area contributed by atoms with Crippen molar-refractivity contribution in [2.75, 3.05) is 13.1 Å². The van der Waals surface area contributed by atoms with Crippen LogP contribution in [-0.4, -0.2) is 29.6 Å². The number of piperidine rings is 1. The lowest BCUT2D eigenvalue weighted by Crippen LogP contribution is -2.59. The molecule has 0 amide bonds. The average Bonchev–Trinajstić information content (AvgIpc) is 2.21. The summed E-state index contributed by atoms with van der Waals surface area (Å²) in [6.45, 7) is 13.7. The van der Waals surface area contributed by atoms with Gasteiger partial charge in [-0.15, -0.1) is 0 Å². The van der Waals surface area contributed by atoms with Crippen molar-refractivity contribution < 1.29 is 0 Å². The van der Waals surface area contributed by atoms with Gasteiger partial charge >= 0.3 is 0 Å². The highest BCUT2D eigenvalue weighted by molar-refractivity contribution is 4.94. The van der Waals surface area contributed by atoms with Gasteiger partial charge in [0.05, 0.1) is 0 Å². The van der Waals surface area contributed by atoms with Gasteiger partial charge < -0.3 is 5.73 Å². The minimum Gasteiger partial charge on any atom is -0.329 e. The van der Waals surface area contributed by atoms with Gasteiger partial charge in [0, 0.05) is 18.1 Å². The predicted octanol–water partition coefficient (Wildman–Crippen LogP) is 2.87. The summed E-state index contributed by atoms with van der Waals surface area (Å²) >= 11 is 0. The second-order valence-corrected chi connectivity index (χ2v) is 6.35. The van der Waals surface area contributed by atoms with Gasteiger partial charge in [0.15, 0.2) is 0 Å². The van der Waals surface area contributed by atoms with Crippen LogP contribution in [0.15, 0.2) is 0 Å². The van der Waals surface area contributed by atoms with Crippen LogP contribution in [0.1, 0.15) is 53.9 Å². The van der Waals surface area contributed by atoms with Crippen LogP contribution < -0.4 is 5.73 Å². The van der Waals surface area contributed by atoms with Crippen molar-refractivity contribution in [3.63, 3.8) is 0 Å². The van der Waals surface area contributed by atoms with E-state index in [9.17, 15) is 0 Å². The molecule has 1 aliphatic heterocycles. The van der Waals surface area contributed by atoms with Gasteiger partial charge in [0.2, 0.25) is 0 Å². The number of nitrogens with two attached hydrogens (primary N) is 1. The number of hydrogen-bond acceptors (Lipinski definition) is 2.